The van der Waals surface area contributed by atoms with Crippen LogP contribution in [0.5, 0.6) is 0 Å². The number of aromatic amines is 1. The number of aromatic nitrogens is 6. The minimum absolute atomic E-state index is 0.170. The van der Waals surface area contributed by atoms with Gasteiger partial charge in [0.25, 0.3) is 5.56 Å². The van der Waals surface area contributed by atoms with Gasteiger partial charge in [-0.2, -0.15) is 0 Å². The molecular weight excluding hydrogens is 472 g/mol. The zero-order valence-electron chi connectivity index (χ0n) is 21.7. The van der Waals surface area contributed by atoms with Crippen LogP contribution in [0.1, 0.15) is 61.0 Å². The van der Waals surface area contributed by atoms with Crippen LogP contribution < -0.4 is 5.56 Å². The first-order valence-corrected chi connectivity index (χ1v) is 13.5. The molecule has 0 radical (unpaired) electrons. The normalized spacial score (nSPS) is 14.9. The van der Waals surface area contributed by atoms with Crippen molar-refractivity contribution in [2.24, 2.45) is 0 Å². The number of rotatable bonds is 8. The second kappa shape index (κ2) is 10.6. The van der Waals surface area contributed by atoms with E-state index in [1.807, 2.05) is 22.9 Å². The molecule has 0 aliphatic carbocycles. The van der Waals surface area contributed by atoms with Crippen LogP contribution in [0.15, 0.2) is 83.7 Å². The molecule has 3 heterocycles. The lowest BCUT2D eigenvalue weighted by Gasteiger charge is -2.29. The Hall–Kier alpha value is -4.26. The van der Waals surface area contributed by atoms with Crippen molar-refractivity contribution in [1.29, 1.82) is 0 Å². The highest BCUT2D eigenvalue weighted by Crippen LogP contribution is 2.32. The van der Waals surface area contributed by atoms with Crippen molar-refractivity contribution in [3.05, 3.63) is 112 Å². The number of H-pyrrole nitrogens is 1. The van der Waals surface area contributed by atoms with Gasteiger partial charge in [0.15, 0.2) is 5.82 Å². The summed E-state index contributed by atoms with van der Waals surface area (Å²) < 4.78 is 4.35. The van der Waals surface area contributed by atoms with Crippen LogP contribution in [-0.2, 0) is 19.4 Å². The van der Waals surface area contributed by atoms with E-state index in [1.165, 1.54) is 11.3 Å². The predicted molar refractivity (Wildman–Crippen MR) is 149 cm³/mol. The number of benzene rings is 3. The summed E-state index contributed by atoms with van der Waals surface area (Å²) in [5.74, 6) is 0.644. The predicted octanol–water partition coefficient (Wildman–Crippen LogP) is 5.81. The molecule has 7 heteroatoms. The average Bonchev–Trinajstić information content (AvgIpc) is 3.60. The van der Waals surface area contributed by atoms with Crippen LogP contribution in [0.2, 0.25) is 0 Å². The number of unbranched alkanes of at least 4 members (excludes halogenated alkanes) is 1. The SMILES string of the molecule is CCCCc1c(Cc2ccc(-c3ccccc3-c3nnn[nH]3)cc2)c(=O)n2n1C(c1ccccc1)CCC2. The Bertz CT molecular complexity index is 1570. The van der Waals surface area contributed by atoms with Gasteiger partial charge in [-0.25, -0.2) is 9.78 Å². The van der Waals surface area contributed by atoms with Crippen molar-refractivity contribution >= 4 is 0 Å². The number of nitrogens with one attached hydrogen (secondary N) is 1. The van der Waals surface area contributed by atoms with Crippen molar-refractivity contribution in [3.8, 4) is 22.5 Å². The Labute approximate surface area is 222 Å². The fourth-order valence-corrected chi connectivity index (χ4v) is 5.77. The molecule has 1 unspecified atom stereocenters. The first-order valence-electron chi connectivity index (χ1n) is 13.5. The molecule has 6 rings (SSSR count). The fourth-order valence-electron chi connectivity index (χ4n) is 5.77. The molecule has 1 aliphatic heterocycles. The molecule has 192 valence electrons. The number of hydrogen-bond donors (Lipinski definition) is 1. The van der Waals surface area contributed by atoms with Crippen molar-refractivity contribution < 1.29 is 0 Å². The molecule has 0 saturated heterocycles. The molecule has 1 aliphatic rings. The molecule has 2 aromatic heterocycles. The Balaban J connectivity index is 1.36. The minimum Gasteiger partial charge on any atom is -0.279 e. The molecule has 0 amide bonds. The van der Waals surface area contributed by atoms with Crippen LogP contribution in [-0.4, -0.2) is 30.0 Å². The summed E-state index contributed by atoms with van der Waals surface area (Å²) in [5, 5.41) is 14.4. The molecule has 0 spiro atoms. The highest BCUT2D eigenvalue weighted by Gasteiger charge is 2.28. The number of tetrazole rings is 1. The number of nitrogens with zero attached hydrogens (tertiary/aromatic N) is 5. The van der Waals surface area contributed by atoms with Crippen molar-refractivity contribution in [1.82, 2.24) is 30.0 Å². The van der Waals surface area contributed by atoms with E-state index in [9.17, 15) is 4.79 Å². The zero-order valence-corrected chi connectivity index (χ0v) is 21.7. The smallest absolute Gasteiger partial charge is 0.270 e. The van der Waals surface area contributed by atoms with Gasteiger partial charge in [0.2, 0.25) is 0 Å². The Morgan fingerprint density at radius 1 is 0.947 bits per heavy atom. The molecule has 0 bridgehead atoms. The van der Waals surface area contributed by atoms with Gasteiger partial charge in [0, 0.05) is 29.8 Å². The molecule has 0 saturated carbocycles. The third-order valence-electron chi connectivity index (χ3n) is 7.65. The second-order valence-corrected chi connectivity index (χ2v) is 10.0. The van der Waals surface area contributed by atoms with Gasteiger partial charge < -0.3 is 0 Å². The van der Waals surface area contributed by atoms with E-state index in [0.29, 0.717) is 12.2 Å². The highest BCUT2D eigenvalue weighted by atomic mass is 16.1. The standard InChI is InChI=1S/C31H32N6O/c1-2-3-14-29-27(31(38)36-20-9-15-28(37(29)36)24-10-5-4-6-11-24)21-22-16-18-23(19-17-22)25-12-7-8-13-26(25)30-32-34-35-33-30/h4-8,10-13,16-19,28H,2-3,9,14-15,20-21H2,1H3,(H,32,33,34,35). The third kappa shape index (κ3) is 4.49. The van der Waals surface area contributed by atoms with Gasteiger partial charge in [-0.1, -0.05) is 92.2 Å². The molecule has 3 aromatic carbocycles. The van der Waals surface area contributed by atoms with Crippen LogP contribution in [0.3, 0.4) is 0 Å². The van der Waals surface area contributed by atoms with Gasteiger partial charge in [-0.05, 0) is 58.4 Å². The third-order valence-corrected chi connectivity index (χ3v) is 7.65. The summed E-state index contributed by atoms with van der Waals surface area (Å²) in [4.78, 5) is 13.8. The van der Waals surface area contributed by atoms with Gasteiger partial charge in [0.05, 0.1) is 6.04 Å². The maximum atomic E-state index is 13.8. The van der Waals surface area contributed by atoms with Crippen LogP contribution in [0.25, 0.3) is 22.5 Å². The van der Waals surface area contributed by atoms with Crippen molar-refractivity contribution in [2.45, 2.75) is 58.0 Å². The van der Waals surface area contributed by atoms with E-state index in [-0.39, 0.29) is 11.6 Å². The Kier molecular flexibility index (Phi) is 6.73. The quantitative estimate of drug-likeness (QED) is 0.289. The average molecular weight is 505 g/mol. The van der Waals surface area contributed by atoms with Crippen LogP contribution >= 0.6 is 0 Å². The largest absolute Gasteiger partial charge is 0.279 e. The number of hydrogen-bond acceptors (Lipinski definition) is 4. The van der Waals surface area contributed by atoms with Gasteiger partial charge >= 0.3 is 0 Å². The van der Waals surface area contributed by atoms with Gasteiger partial charge in [-0.3, -0.25) is 9.48 Å². The van der Waals surface area contributed by atoms with E-state index in [4.69, 9.17) is 0 Å². The Morgan fingerprint density at radius 2 is 1.71 bits per heavy atom. The second-order valence-electron chi connectivity index (χ2n) is 10.0. The van der Waals surface area contributed by atoms with E-state index in [0.717, 1.165) is 66.5 Å². The molecular formula is C31H32N6O. The van der Waals surface area contributed by atoms with Gasteiger partial charge in [-0.15, -0.1) is 5.10 Å². The molecule has 5 aromatic rings. The fraction of sp³-hybridized carbons (Fsp3) is 0.290. The molecule has 7 nitrogen and oxygen atoms in total. The first kappa shape index (κ1) is 24.1. The molecule has 1 atom stereocenters. The number of fused-ring (bicyclic) bond motifs is 1. The van der Waals surface area contributed by atoms with Gasteiger partial charge in [0.1, 0.15) is 0 Å². The summed E-state index contributed by atoms with van der Waals surface area (Å²) in [6.45, 7) is 3.00. The Morgan fingerprint density at radius 3 is 2.45 bits per heavy atom. The molecule has 0 fully saturated rings. The van der Waals surface area contributed by atoms with Crippen molar-refractivity contribution in [2.75, 3.05) is 0 Å². The lowest BCUT2D eigenvalue weighted by Crippen LogP contribution is -2.32. The minimum atomic E-state index is 0.170. The summed E-state index contributed by atoms with van der Waals surface area (Å²) in [6, 6.07) is 27.5. The molecule has 1 N–H and O–H groups in total. The van der Waals surface area contributed by atoms with Crippen LogP contribution in [0, 0.1) is 0 Å². The summed E-state index contributed by atoms with van der Waals surface area (Å²) in [7, 11) is 0. The van der Waals surface area contributed by atoms with E-state index < -0.39 is 0 Å². The van der Waals surface area contributed by atoms with Crippen LogP contribution in [0.4, 0.5) is 0 Å². The lowest BCUT2D eigenvalue weighted by atomic mass is 9.96. The molecule has 38 heavy (non-hydrogen) atoms. The maximum absolute atomic E-state index is 13.8. The maximum Gasteiger partial charge on any atom is 0.270 e. The highest BCUT2D eigenvalue weighted by molar-refractivity contribution is 5.80. The summed E-state index contributed by atoms with van der Waals surface area (Å²) in [6.07, 6.45) is 5.82. The van der Waals surface area contributed by atoms with E-state index >= 15 is 0 Å². The summed E-state index contributed by atoms with van der Waals surface area (Å²) >= 11 is 0. The van der Waals surface area contributed by atoms with Crippen molar-refractivity contribution in [3.63, 3.8) is 0 Å². The monoisotopic (exact) mass is 504 g/mol. The van der Waals surface area contributed by atoms with E-state index in [1.54, 1.807) is 0 Å². The lowest BCUT2D eigenvalue weighted by molar-refractivity contribution is 0.302. The first-order chi connectivity index (χ1) is 18.7. The summed E-state index contributed by atoms with van der Waals surface area (Å²) in [5.41, 5.74) is 7.85. The van der Waals surface area contributed by atoms with E-state index in [2.05, 4.69) is 92.9 Å². The zero-order chi connectivity index (χ0) is 25.9. The topological polar surface area (TPSA) is 81.4 Å².